The van der Waals surface area contributed by atoms with Gasteiger partial charge < -0.3 is 15.5 Å². The lowest BCUT2D eigenvalue weighted by Crippen LogP contribution is -2.47. The van der Waals surface area contributed by atoms with Crippen LogP contribution in [0, 0.1) is 0 Å². The molecular formula is C20H22N4O2. The van der Waals surface area contributed by atoms with Gasteiger partial charge in [-0.05, 0) is 42.7 Å². The minimum absolute atomic E-state index is 0.0850. The second-order valence-electron chi connectivity index (χ2n) is 6.19. The van der Waals surface area contributed by atoms with E-state index in [9.17, 15) is 9.59 Å². The van der Waals surface area contributed by atoms with Crippen LogP contribution < -0.4 is 10.6 Å². The summed E-state index contributed by atoms with van der Waals surface area (Å²) >= 11 is 0. The molecule has 0 radical (unpaired) electrons. The molecule has 0 atom stereocenters. The van der Waals surface area contributed by atoms with Crippen molar-refractivity contribution in [1.29, 1.82) is 0 Å². The van der Waals surface area contributed by atoms with Crippen molar-refractivity contribution in [3.05, 3.63) is 66.5 Å². The molecule has 3 amide bonds. The fraction of sp³-hybridized carbons (Fsp3) is 0.250. The molecule has 0 saturated carbocycles. The van der Waals surface area contributed by atoms with E-state index >= 15 is 0 Å². The van der Waals surface area contributed by atoms with Crippen LogP contribution in [0.5, 0.6) is 0 Å². The summed E-state index contributed by atoms with van der Waals surface area (Å²) in [7, 11) is 0. The molecule has 2 heterocycles. The number of rotatable bonds is 4. The summed E-state index contributed by atoms with van der Waals surface area (Å²) in [6.07, 6.45) is 8.15. The highest BCUT2D eigenvalue weighted by atomic mass is 16.2. The Bertz CT molecular complexity index is 754. The van der Waals surface area contributed by atoms with E-state index in [1.165, 1.54) is 6.08 Å². The Morgan fingerprint density at radius 3 is 2.54 bits per heavy atom. The Labute approximate surface area is 152 Å². The van der Waals surface area contributed by atoms with Gasteiger partial charge in [0.15, 0.2) is 0 Å². The van der Waals surface area contributed by atoms with Gasteiger partial charge in [0.1, 0.15) is 0 Å². The summed E-state index contributed by atoms with van der Waals surface area (Å²) in [5, 5.41) is 5.88. The molecule has 2 aromatic rings. The topological polar surface area (TPSA) is 74.3 Å². The number of pyridine rings is 1. The highest BCUT2D eigenvalue weighted by Gasteiger charge is 2.23. The Kier molecular flexibility index (Phi) is 5.98. The number of urea groups is 1. The number of para-hydroxylation sites is 1. The van der Waals surface area contributed by atoms with E-state index in [-0.39, 0.29) is 18.0 Å². The highest BCUT2D eigenvalue weighted by Crippen LogP contribution is 2.13. The lowest BCUT2D eigenvalue weighted by atomic mass is 10.1. The van der Waals surface area contributed by atoms with Crippen LogP contribution in [-0.2, 0) is 4.79 Å². The Morgan fingerprint density at radius 1 is 1.08 bits per heavy atom. The number of hydrogen-bond donors (Lipinski definition) is 2. The van der Waals surface area contributed by atoms with E-state index in [2.05, 4.69) is 15.6 Å². The van der Waals surface area contributed by atoms with Crippen molar-refractivity contribution in [2.75, 3.05) is 18.4 Å². The smallest absolute Gasteiger partial charge is 0.321 e. The van der Waals surface area contributed by atoms with E-state index in [0.717, 1.165) is 24.1 Å². The number of carbonyl (C=O) groups excluding carboxylic acids is 2. The van der Waals surface area contributed by atoms with Gasteiger partial charge >= 0.3 is 6.03 Å². The average molecular weight is 350 g/mol. The average Bonchev–Trinajstić information content (AvgIpc) is 2.68. The number of benzene rings is 1. The van der Waals surface area contributed by atoms with E-state index in [0.29, 0.717) is 13.1 Å². The number of nitrogens with one attached hydrogen (secondary N) is 2. The molecule has 2 N–H and O–H groups in total. The number of likely N-dealkylation sites (tertiary alicyclic amines) is 1. The zero-order chi connectivity index (χ0) is 18.2. The van der Waals surface area contributed by atoms with Crippen LogP contribution in [0.3, 0.4) is 0 Å². The number of nitrogens with zero attached hydrogens (tertiary/aromatic N) is 2. The fourth-order valence-corrected chi connectivity index (χ4v) is 2.85. The SMILES string of the molecule is O=C(/C=C/c1cccnc1)NC1CCN(C(=O)Nc2ccccc2)CC1. The van der Waals surface area contributed by atoms with Gasteiger partial charge in [-0.1, -0.05) is 24.3 Å². The second-order valence-corrected chi connectivity index (χ2v) is 6.19. The molecular weight excluding hydrogens is 328 g/mol. The van der Waals surface area contributed by atoms with Crippen molar-refractivity contribution >= 4 is 23.7 Å². The zero-order valence-corrected chi connectivity index (χ0v) is 14.5. The summed E-state index contributed by atoms with van der Waals surface area (Å²) in [5.41, 5.74) is 1.67. The molecule has 1 aliphatic rings. The predicted molar refractivity (Wildman–Crippen MR) is 101 cm³/mol. The normalized spacial score (nSPS) is 15.0. The van der Waals surface area contributed by atoms with E-state index in [1.54, 1.807) is 23.4 Å². The van der Waals surface area contributed by atoms with Crippen LogP contribution >= 0.6 is 0 Å². The highest BCUT2D eigenvalue weighted by molar-refractivity contribution is 5.92. The minimum atomic E-state index is -0.124. The molecule has 1 fully saturated rings. The largest absolute Gasteiger partial charge is 0.350 e. The number of amides is 3. The maximum atomic E-state index is 12.3. The molecule has 1 aromatic carbocycles. The third-order valence-electron chi connectivity index (χ3n) is 4.27. The molecule has 26 heavy (non-hydrogen) atoms. The summed E-state index contributed by atoms with van der Waals surface area (Å²) in [4.78, 5) is 30.1. The first-order chi connectivity index (χ1) is 12.7. The van der Waals surface area contributed by atoms with Crippen molar-refractivity contribution in [3.8, 4) is 0 Å². The van der Waals surface area contributed by atoms with Gasteiger partial charge in [0, 0.05) is 43.3 Å². The lowest BCUT2D eigenvalue weighted by molar-refractivity contribution is -0.117. The summed E-state index contributed by atoms with van der Waals surface area (Å²) in [6, 6.07) is 13.1. The number of carbonyl (C=O) groups is 2. The van der Waals surface area contributed by atoms with E-state index in [1.807, 2.05) is 42.5 Å². The molecule has 0 bridgehead atoms. The summed E-state index contributed by atoms with van der Waals surface area (Å²) < 4.78 is 0. The standard InChI is InChI=1S/C20H22N4O2/c25-19(9-8-16-5-4-12-21-15-16)22-18-10-13-24(14-11-18)20(26)23-17-6-2-1-3-7-17/h1-9,12,15,18H,10-11,13-14H2,(H,22,25)(H,23,26)/b9-8+. The third kappa shape index (κ3) is 5.17. The first-order valence-corrected chi connectivity index (χ1v) is 8.70. The zero-order valence-electron chi connectivity index (χ0n) is 14.5. The first kappa shape index (κ1) is 17.7. The molecule has 0 spiro atoms. The number of aromatic nitrogens is 1. The predicted octanol–water partition coefficient (Wildman–Crippen LogP) is 2.91. The maximum Gasteiger partial charge on any atom is 0.321 e. The molecule has 0 aliphatic carbocycles. The van der Waals surface area contributed by atoms with Crippen molar-refractivity contribution in [1.82, 2.24) is 15.2 Å². The van der Waals surface area contributed by atoms with Gasteiger partial charge in [0.25, 0.3) is 0 Å². The van der Waals surface area contributed by atoms with Crippen molar-refractivity contribution < 1.29 is 9.59 Å². The molecule has 1 aliphatic heterocycles. The van der Waals surface area contributed by atoms with Gasteiger partial charge in [-0.15, -0.1) is 0 Å². The molecule has 134 valence electrons. The first-order valence-electron chi connectivity index (χ1n) is 8.70. The molecule has 3 rings (SSSR count). The van der Waals surface area contributed by atoms with Crippen molar-refractivity contribution in [2.24, 2.45) is 0 Å². The molecule has 6 heteroatoms. The van der Waals surface area contributed by atoms with E-state index in [4.69, 9.17) is 0 Å². The Hall–Kier alpha value is -3.15. The monoisotopic (exact) mass is 350 g/mol. The van der Waals surface area contributed by atoms with Gasteiger partial charge in [-0.3, -0.25) is 9.78 Å². The van der Waals surface area contributed by atoms with Gasteiger partial charge in [-0.2, -0.15) is 0 Å². The molecule has 0 unspecified atom stereocenters. The quantitative estimate of drug-likeness (QED) is 0.833. The van der Waals surface area contributed by atoms with Crippen LogP contribution in [0.1, 0.15) is 18.4 Å². The van der Waals surface area contributed by atoms with Crippen LogP contribution in [0.25, 0.3) is 6.08 Å². The summed E-state index contributed by atoms with van der Waals surface area (Å²) in [5.74, 6) is -0.124. The number of hydrogen-bond acceptors (Lipinski definition) is 3. The number of piperidine rings is 1. The minimum Gasteiger partial charge on any atom is -0.350 e. The van der Waals surface area contributed by atoms with Crippen molar-refractivity contribution in [2.45, 2.75) is 18.9 Å². The van der Waals surface area contributed by atoms with Crippen LogP contribution in [0.15, 0.2) is 60.9 Å². The lowest BCUT2D eigenvalue weighted by Gasteiger charge is -2.32. The van der Waals surface area contributed by atoms with Gasteiger partial charge in [-0.25, -0.2) is 4.79 Å². The summed E-state index contributed by atoms with van der Waals surface area (Å²) in [6.45, 7) is 1.24. The van der Waals surface area contributed by atoms with Gasteiger partial charge in [0.05, 0.1) is 0 Å². The van der Waals surface area contributed by atoms with Crippen LogP contribution in [0.2, 0.25) is 0 Å². The van der Waals surface area contributed by atoms with Crippen LogP contribution in [-0.4, -0.2) is 41.0 Å². The molecule has 6 nitrogen and oxygen atoms in total. The Balaban J connectivity index is 1.42. The fourth-order valence-electron chi connectivity index (χ4n) is 2.85. The maximum absolute atomic E-state index is 12.3. The molecule has 1 saturated heterocycles. The van der Waals surface area contributed by atoms with Crippen LogP contribution in [0.4, 0.5) is 10.5 Å². The third-order valence-corrected chi connectivity index (χ3v) is 4.27. The van der Waals surface area contributed by atoms with Gasteiger partial charge in [0.2, 0.25) is 5.91 Å². The van der Waals surface area contributed by atoms with Crippen molar-refractivity contribution in [3.63, 3.8) is 0 Å². The molecule has 1 aromatic heterocycles. The second kappa shape index (κ2) is 8.80. The Morgan fingerprint density at radius 2 is 1.85 bits per heavy atom. The number of anilines is 1. The van der Waals surface area contributed by atoms with E-state index < -0.39 is 0 Å².